The first-order valence-electron chi connectivity index (χ1n) is 28.2. The highest BCUT2D eigenvalue weighted by atomic mass is 32.1. The Morgan fingerprint density at radius 1 is 0.226 bits per heavy atom. The molecule has 0 saturated carbocycles. The van der Waals surface area contributed by atoms with E-state index < -0.39 is 0 Å². The van der Waals surface area contributed by atoms with E-state index in [9.17, 15) is 0 Å². The Balaban J connectivity index is 0.814. The van der Waals surface area contributed by atoms with Gasteiger partial charge in [0, 0.05) is 127 Å². The zero-order valence-corrected chi connectivity index (χ0v) is 47.1. The van der Waals surface area contributed by atoms with Crippen LogP contribution in [0.25, 0.3) is 177 Å². The molecule has 0 saturated heterocycles. The van der Waals surface area contributed by atoms with E-state index in [2.05, 4.69) is 268 Å². The van der Waals surface area contributed by atoms with E-state index in [0.717, 1.165) is 66.9 Å². The quantitative estimate of drug-likeness (QED) is 0.167. The highest BCUT2D eigenvalue weighted by Crippen LogP contribution is 2.47. The summed E-state index contributed by atoms with van der Waals surface area (Å²) in [5.41, 5.74) is 12.7. The van der Waals surface area contributed by atoms with Crippen molar-refractivity contribution in [3.8, 4) is 51.2 Å². The zero-order chi connectivity index (χ0) is 54.7. The highest BCUT2D eigenvalue weighted by molar-refractivity contribution is 7.27. The van der Waals surface area contributed by atoms with E-state index in [0.29, 0.717) is 17.5 Å². The van der Waals surface area contributed by atoms with Crippen LogP contribution in [0.15, 0.2) is 255 Å². The van der Waals surface area contributed by atoms with Gasteiger partial charge in [-0.3, -0.25) is 0 Å². The first-order valence-corrected chi connectivity index (χ1v) is 30.7. The molecule has 0 fully saturated rings. The van der Waals surface area contributed by atoms with E-state index in [-0.39, 0.29) is 0 Å². The number of aromatic nitrogens is 6. The average Bonchev–Trinajstić information content (AvgIpc) is 4.48. The molecule has 9 heteroatoms. The van der Waals surface area contributed by atoms with Crippen molar-refractivity contribution in [1.82, 2.24) is 28.7 Å². The summed E-state index contributed by atoms with van der Waals surface area (Å²) in [5.74, 6) is 1.77. The Morgan fingerprint density at radius 3 is 0.833 bits per heavy atom. The maximum atomic E-state index is 5.48. The van der Waals surface area contributed by atoms with Crippen molar-refractivity contribution < 1.29 is 0 Å². The van der Waals surface area contributed by atoms with E-state index in [1.807, 2.05) is 34.0 Å². The number of rotatable bonds is 6. The van der Waals surface area contributed by atoms with Crippen LogP contribution in [-0.2, 0) is 0 Å². The van der Waals surface area contributed by atoms with Gasteiger partial charge in [-0.1, -0.05) is 164 Å². The van der Waals surface area contributed by atoms with E-state index >= 15 is 0 Å². The van der Waals surface area contributed by atoms with Crippen molar-refractivity contribution in [2.45, 2.75) is 0 Å². The van der Waals surface area contributed by atoms with Crippen LogP contribution in [0.3, 0.4) is 0 Å². The van der Waals surface area contributed by atoms with Gasteiger partial charge >= 0.3 is 0 Å². The number of benzene rings is 12. The minimum Gasteiger partial charge on any atom is -0.309 e. The predicted molar refractivity (Wildman–Crippen MR) is 358 cm³/mol. The molecule has 0 aliphatic carbocycles. The standard InChI is InChI=1S/C75H42N6S3/c1-7-28-58-55(25-1)67-61(37-34-52-49-22-4-10-31-64(49)82-70(52)67)79(58)46-19-13-16-43(40-46)73-76-74(44-17-14-20-47(41-44)80-59-29-8-2-26-56(59)68-62(80)38-35-53-50-23-5-11-32-65(50)83-71(53)68)78-75(77-73)45-18-15-21-48(42-45)81-60-30-9-3-27-57(60)69-63(81)39-36-54-51-24-6-12-33-66(51)84-72(54)69/h1-42H. The number of thiophene rings is 3. The fourth-order valence-corrected chi connectivity index (χ4v) is 17.4. The van der Waals surface area contributed by atoms with Crippen LogP contribution in [-0.4, -0.2) is 28.7 Å². The average molecular weight is 1120 g/mol. The molecule has 0 atom stereocenters. The predicted octanol–water partition coefficient (Wildman–Crippen LogP) is 21.3. The lowest BCUT2D eigenvalue weighted by Gasteiger charge is -2.13. The molecule has 0 aliphatic heterocycles. The minimum absolute atomic E-state index is 0.591. The Kier molecular flexibility index (Phi) is 9.71. The van der Waals surface area contributed by atoms with Crippen LogP contribution in [0.1, 0.15) is 0 Å². The molecule has 12 aromatic carbocycles. The molecule has 0 aliphatic rings. The molecule has 0 N–H and O–H groups in total. The fraction of sp³-hybridized carbons (Fsp3) is 0. The van der Waals surface area contributed by atoms with Gasteiger partial charge in [-0.15, -0.1) is 34.0 Å². The van der Waals surface area contributed by atoms with Gasteiger partial charge in [-0.05, 0) is 91.0 Å². The molecule has 6 nitrogen and oxygen atoms in total. The van der Waals surface area contributed by atoms with Gasteiger partial charge in [-0.25, -0.2) is 15.0 Å². The molecular weight excluding hydrogens is 1080 g/mol. The van der Waals surface area contributed by atoms with Crippen LogP contribution in [0.5, 0.6) is 0 Å². The summed E-state index contributed by atoms with van der Waals surface area (Å²) in [6, 6.07) is 92.7. The lowest BCUT2D eigenvalue weighted by Crippen LogP contribution is -2.02. The van der Waals surface area contributed by atoms with Crippen molar-refractivity contribution in [2.24, 2.45) is 0 Å². The van der Waals surface area contributed by atoms with Crippen LogP contribution in [0, 0.1) is 0 Å². The topological polar surface area (TPSA) is 53.5 Å². The summed E-state index contributed by atoms with van der Waals surface area (Å²) in [4.78, 5) is 16.5. The van der Waals surface area contributed by atoms with Crippen LogP contribution in [0.2, 0.25) is 0 Å². The van der Waals surface area contributed by atoms with Crippen molar-refractivity contribution in [1.29, 1.82) is 0 Å². The number of nitrogens with zero attached hydrogens (tertiary/aromatic N) is 6. The van der Waals surface area contributed by atoms with Gasteiger partial charge in [0.25, 0.3) is 0 Å². The Hall–Kier alpha value is -10.3. The molecule has 0 amide bonds. The Morgan fingerprint density at radius 2 is 0.512 bits per heavy atom. The molecule has 7 heterocycles. The molecule has 390 valence electrons. The maximum absolute atomic E-state index is 5.48. The van der Waals surface area contributed by atoms with E-state index in [1.54, 1.807) is 0 Å². The second-order valence-electron chi connectivity index (χ2n) is 21.8. The molecule has 0 unspecified atom stereocenters. The monoisotopic (exact) mass is 1120 g/mol. The third kappa shape index (κ3) is 6.62. The first kappa shape index (κ1) is 46.3. The number of hydrogen-bond donors (Lipinski definition) is 0. The molecule has 19 rings (SSSR count). The number of hydrogen-bond acceptors (Lipinski definition) is 6. The van der Waals surface area contributed by atoms with Gasteiger partial charge in [0.1, 0.15) is 0 Å². The molecule has 7 aromatic heterocycles. The Bertz CT molecular complexity index is 5430. The van der Waals surface area contributed by atoms with E-state index in [4.69, 9.17) is 15.0 Å². The summed E-state index contributed by atoms with van der Waals surface area (Å²) in [6.45, 7) is 0. The summed E-state index contributed by atoms with van der Waals surface area (Å²) >= 11 is 5.62. The van der Waals surface area contributed by atoms with Gasteiger partial charge in [0.15, 0.2) is 17.5 Å². The summed E-state index contributed by atoms with van der Waals surface area (Å²) in [6.07, 6.45) is 0. The van der Waals surface area contributed by atoms with Gasteiger partial charge < -0.3 is 13.7 Å². The molecule has 19 aromatic rings. The van der Waals surface area contributed by atoms with Crippen molar-refractivity contribution in [2.75, 3.05) is 0 Å². The summed E-state index contributed by atoms with van der Waals surface area (Å²) < 4.78 is 15.0. The third-order valence-corrected chi connectivity index (χ3v) is 20.9. The van der Waals surface area contributed by atoms with Crippen molar-refractivity contribution in [3.05, 3.63) is 255 Å². The van der Waals surface area contributed by atoms with Gasteiger partial charge in [-0.2, -0.15) is 0 Å². The molecule has 0 bridgehead atoms. The molecule has 0 radical (unpaired) electrons. The number of fused-ring (bicyclic) bond motifs is 21. The zero-order valence-electron chi connectivity index (χ0n) is 44.7. The number of para-hydroxylation sites is 3. The Labute approximate surface area is 491 Å². The second kappa shape index (κ2) is 17.6. The van der Waals surface area contributed by atoms with Crippen LogP contribution in [0.4, 0.5) is 0 Å². The van der Waals surface area contributed by atoms with E-state index in [1.165, 1.54) is 92.8 Å². The smallest absolute Gasteiger partial charge is 0.164 e. The lowest BCUT2D eigenvalue weighted by molar-refractivity contribution is 1.07. The van der Waals surface area contributed by atoms with Crippen molar-refractivity contribution in [3.63, 3.8) is 0 Å². The summed E-state index contributed by atoms with van der Waals surface area (Å²) in [5, 5.41) is 15.2. The maximum Gasteiger partial charge on any atom is 0.164 e. The third-order valence-electron chi connectivity index (χ3n) is 17.3. The lowest BCUT2D eigenvalue weighted by atomic mass is 10.1. The second-order valence-corrected chi connectivity index (χ2v) is 25.0. The molecule has 84 heavy (non-hydrogen) atoms. The molecule has 0 spiro atoms. The fourth-order valence-electron chi connectivity index (χ4n) is 13.7. The first-order chi connectivity index (χ1) is 41.6. The van der Waals surface area contributed by atoms with Gasteiger partial charge in [0.2, 0.25) is 0 Å². The van der Waals surface area contributed by atoms with Crippen LogP contribution < -0.4 is 0 Å². The van der Waals surface area contributed by atoms with Gasteiger partial charge in [0.05, 0.1) is 33.1 Å². The highest BCUT2D eigenvalue weighted by Gasteiger charge is 2.23. The minimum atomic E-state index is 0.591. The SMILES string of the molecule is c1cc(-c2nc(-c3cccc(-n4c5ccccc5c5c6sc7ccccc7c6ccc54)c3)nc(-c3cccc(-n4c5ccccc5c5c6sc7ccccc7c6ccc54)c3)n2)cc(-n2c3ccccc3c3c4sc5ccccc5c4ccc32)c1. The van der Waals surface area contributed by atoms with Crippen molar-refractivity contribution >= 4 is 160 Å². The van der Waals surface area contributed by atoms with Crippen LogP contribution >= 0.6 is 34.0 Å². The summed E-state index contributed by atoms with van der Waals surface area (Å²) in [7, 11) is 0. The molecular formula is C75H42N6S3. The largest absolute Gasteiger partial charge is 0.309 e. The normalized spacial score (nSPS) is 12.3.